The van der Waals surface area contributed by atoms with Gasteiger partial charge in [-0.25, -0.2) is 23.1 Å². The first-order valence-electron chi connectivity index (χ1n) is 18.3. The summed E-state index contributed by atoms with van der Waals surface area (Å²) in [5.41, 5.74) is 0.961. The number of aryl methyl sites for hydroxylation is 1. The predicted molar refractivity (Wildman–Crippen MR) is 186 cm³/mol. The summed E-state index contributed by atoms with van der Waals surface area (Å²) in [5, 5.41) is 4.04. The number of likely N-dealkylation sites (tertiary alicyclic amines) is 1. The smallest absolute Gasteiger partial charge is 0.278 e. The summed E-state index contributed by atoms with van der Waals surface area (Å²) in [6.45, 7) is 13.5. The summed E-state index contributed by atoms with van der Waals surface area (Å²) < 4.78 is 50.6. The Kier molecular flexibility index (Phi) is 10.5. The van der Waals surface area contributed by atoms with Gasteiger partial charge in [-0.1, -0.05) is 37.5 Å². The van der Waals surface area contributed by atoms with Crippen molar-refractivity contribution in [2.24, 2.45) is 5.92 Å². The number of benzene rings is 1. The molecule has 2 aromatic heterocycles. The molecule has 0 spiro atoms. The van der Waals surface area contributed by atoms with Crippen molar-refractivity contribution in [3.63, 3.8) is 0 Å². The third kappa shape index (κ3) is 6.89. The van der Waals surface area contributed by atoms with Crippen LogP contribution in [0.15, 0.2) is 35.4 Å². The number of hydrogen-bond acceptors (Lipinski definition) is 6. The summed E-state index contributed by atoms with van der Waals surface area (Å²) in [6, 6.07) is 6.08. The molecule has 0 saturated carbocycles. The molecule has 8 bridgehead atoms. The van der Waals surface area contributed by atoms with Crippen LogP contribution in [-0.4, -0.2) is 62.1 Å². The highest BCUT2D eigenvalue weighted by Gasteiger charge is 2.48. The zero-order chi connectivity index (χ0) is 34.2. The van der Waals surface area contributed by atoms with Crippen LogP contribution in [0, 0.1) is 11.7 Å². The third-order valence-corrected chi connectivity index (χ3v) is 11.5. The summed E-state index contributed by atoms with van der Waals surface area (Å²) in [5.74, 6) is -4.52. The van der Waals surface area contributed by atoms with Crippen LogP contribution in [0.2, 0.25) is 0 Å². The Balaban J connectivity index is 1.40. The van der Waals surface area contributed by atoms with Gasteiger partial charge in [-0.3, -0.25) is 14.3 Å². The molecule has 0 aliphatic carbocycles. The zero-order valence-electron chi connectivity index (χ0n) is 29.3. The van der Waals surface area contributed by atoms with E-state index in [0.717, 1.165) is 70.1 Å². The number of halogens is 3. The number of anilines is 1. The molecule has 2 saturated heterocycles. The van der Waals surface area contributed by atoms with Gasteiger partial charge in [-0.15, -0.1) is 0 Å². The maximum Gasteiger partial charge on any atom is 0.278 e. The minimum atomic E-state index is -3.30. The molecule has 1 aromatic carbocycles. The number of fused-ring (bicyclic) bond motifs is 9. The molecule has 2 fully saturated rings. The fourth-order valence-corrected chi connectivity index (χ4v) is 8.65. The van der Waals surface area contributed by atoms with Crippen molar-refractivity contribution < 1.29 is 13.2 Å². The van der Waals surface area contributed by atoms with Crippen LogP contribution in [0.1, 0.15) is 121 Å². The maximum atomic E-state index is 16.3. The highest BCUT2D eigenvalue weighted by atomic mass is 19.3. The van der Waals surface area contributed by atoms with Crippen LogP contribution < -0.4 is 10.9 Å². The number of aromatic nitrogens is 3. The number of rotatable bonds is 2. The van der Waals surface area contributed by atoms with Gasteiger partial charge in [0.15, 0.2) is 0 Å². The molecular formula is C38H53F3N6O. The Hall–Kier alpha value is -2.98. The highest BCUT2D eigenvalue weighted by molar-refractivity contribution is 5.87. The second-order valence-electron chi connectivity index (χ2n) is 15.0. The van der Waals surface area contributed by atoms with Crippen LogP contribution in [0.4, 0.5) is 19.0 Å². The molecule has 0 radical (unpaired) electrons. The molecule has 3 atom stereocenters. The molecule has 10 heteroatoms. The van der Waals surface area contributed by atoms with Crippen molar-refractivity contribution >= 4 is 16.9 Å². The van der Waals surface area contributed by atoms with E-state index in [1.165, 1.54) is 18.5 Å². The fraction of sp³-hybridized carbons (Fsp3) is 0.658. The van der Waals surface area contributed by atoms with E-state index in [4.69, 9.17) is 0 Å². The van der Waals surface area contributed by atoms with E-state index in [2.05, 4.69) is 38.9 Å². The number of nitrogens with one attached hydrogen (secondary N) is 1. The first-order chi connectivity index (χ1) is 23.0. The van der Waals surface area contributed by atoms with E-state index in [1.54, 1.807) is 13.0 Å². The number of alkyl halides is 2. The molecule has 4 aliphatic rings. The lowest BCUT2D eigenvalue weighted by atomic mass is 9.79. The van der Waals surface area contributed by atoms with Crippen molar-refractivity contribution in [1.82, 2.24) is 24.3 Å². The second kappa shape index (κ2) is 14.5. The van der Waals surface area contributed by atoms with E-state index < -0.39 is 29.3 Å². The Labute approximate surface area is 283 Å². The van der Waals surface area contributed by atoms with E-state index in [0.29, 0.717) is 42.3 Å². The molecule has 7 nitrogen and oxygen atoms in total. The van der Waals surface area contributed by atoms with Crippen LogP contribution in [-0.2, 0) is 12.5 Å². The Morgan fingerprint density at radius 2 is 1.56 bits per heavy atom. The van der Waals surface area contributed by atoms with Gasteiger partial charge in [0.05, 0.1) is 17.0 Å². The topological polar surface area (TPSA) is 66.3 Å². The van der Waals surface area contributed by atoms with Crippen molar-refractivity contribution in [2.45, 2.75) is 135 Å². The number of hydrogen-bond donors (Lipinski definition) is 1. The second-order valence-corrected chi connectivity index (χ2v) is 15.0. The van der Waals surface area contributed by atoms with Gasteiger partial charge in [0.25, 0.3) is 11.5 Å². The molecule has 1 N–H and O–H groups in total. The van der Waals surface area contributed by atoms with Gasteiger partial charge < -0.3 is 10.2 Å². The minimum absolute atomic E-state index is 0.00523. The summed E-state index contributed by atoms with van der Waals surface area (Å²) in [7, 11) is 0. The highest BCUT2D eigenvalue weighted by Crippen LogP contribution is 2.46. The Morgan fingerprint density at radius 1 is 0.896 bits per heavy atom. The van der Waals surface area contributed by atoms with Gasteiger partial charge >= 0.3 is 0 Å². The number of piperidine rings is 2. The fourth-order valence-electron chi connectivity index (χ4n) is 8.65. The van der Waals surface area contributed by atoms with Gasteiger partial charge in [0, 0.05) is 41.7 Å². The van der Waals surface area contributed by atoms with E-state index in [9.17, 15) is 4.79 Å². The minimum Gasteiger partial charge on any atom is -0.363 e. The van der Waals surface area contributed by atoms with E-state index in [1.807, 2.05) is 24.5 Å². The average Bonchev–Trinajstić information content (AvgIpc) is 3.05. The van der Waals surface area contributed by atoms with Gasteiger partial charge in [-0.2, -0.15) is 0 Å². The standard InChI is InChI=1S/C38H53F3N6O/c1-24(2)45-18-14-28(15-19-45)31-22-32-35-42-23-43-36(32)47(37(31)48)17-10-8-6-7-9-16-46-25(3)20-29(21-26(46)4)38(40,41)33-13-11-12-30(34(33)39)27(5)44-35/h11-13,22-29H,6-10,14-21H2,1-5H3,(H,42,43,44)/t25?,26?,27-,29?/m1/s1. The molecule has 3 aromatic rings. The maximum absolute atomic E-state index is 16.3. The molecule has 2 unspecified atom stereocenters. The molecule has 4 aliphatic heterocycles. The molecule has 48 heavy (non-hydrogen) atoms. The summed E-state index contributed by atoms with van der Waals surface area (Å²) in [6.07, 6.45) is 8.83. The molecule has 262 valence electrons. The van der Waals surface area contributed by atoms with Gasteiger partial charge in [0.2, 0.25) is 0 Å². The van der Waals surface area contributed by atoms with Crippen molar-refractivity contribution in [2.75, 3.05) is 25.0 Å². The average molecular weight is 667 g/mol. The van der Waals surface area contributed by atoms with Crippen molar-refractivity contribution in [3.8, 4) is 0 Å². The zero-order valence-corrected chi connectivity index (χ0v) is 29.3. The Bertz CT molecular complexity index is 1620. The SMILES string of the molecule is CC(C)N1CCC(c2cc3c4ncnc3n(c2=O)CCCCCCCN2C(C)CC(CC2C)C(F)(F)c2cccc(c2F)[C@@H](C)N4)CC1. The molecule has 7 rings (SSSR count). The largest absolute Gasteiger partial charge is 0.363 e. The molecule has 6 heterocycles. The monoisotopic (exact) mass is 666 g/mol. The lowest BCUT2D eigenvalue weighted by Crippen LogP contribution is -2.50. The lowest BCUT2D eigenvalue weighted by Gasteiger charge is -2.45. The van der Waals surface area contributed by atoms with E-state index in [-0.39, 0.29) is 29.1 Å². The predicted octanol–water partition coefficient (Wildman–Crippen LogP) is 8.24. The van der Waals surface area contributed by atoms with Crippen LogP contribution >= 0.6 is 0 Å². The normalized spacial score (nSPS) is 28.0. The van der Waals surface area contributed by atoms with Gasteiger partial charge in [0.1, 0.15) is 23.6 Å². The quantitative estimate of drug-likeness (QED) is 0.297. The van der Waals surface area contributed by atoms with Crippen molar-refractivity contribution in [3.05, 3.63) is 63.5 Å². The van der Waals surface area contributed by atoms with Crippen LogP contribution in [0.3, 0.4) is 0 Å². The molecule has 0 amide bonds. The van der Waals surface area contributed by atoms with Crippen LogP contribution in [0.25, 0.3) is 11.0 Å². The first kappa shape index (κ1) is 34.9. The first-order valence-corrected chi connectivity index (χ1v) is 18.3. The lowest BCUT2D eigenvalue weighted by molar-refractivity contribution is -0.107. The Morgan fingerprint density at radius 3 is 2.25 bits per heavy atom. The summed E-state index contributed by atoms with van der Waals surface area (Å²) >= 11 is 0. The van der Waals surface area contributed by atoms with Crippen LogP contribution in [0.5, 0.6) is 0 Å². The number of pyridine rings is 1. The number of nitrogens with zero attached hydrogens (tertiary/aromatic N) is 5. The van der Waals surface area contributed by atoms with Gasteiger partial charge in [-0.05, 0) is 105 Å². The molecular weight excluding hydrogens is 613 g/mol. The van der Waals surface area contributed by atoms with E-state index >= 15 is 13.2 Å². The van der Waals surface area contributed by atoms with Crippen molar-refractivity contribution in [1.29, 1.82) is 0 Å². The summed E-state index contributed by atoms with van der Waals surface area (Å²) in [4.78, 5) is 28.1. The third-order valence-electron chi connectivity index (χ3n) is 11.5.